The van der Waals surface area contributed by atoms with Gasteiger partial charge in [0.15, 0.2) is 11.5 Å². The van der Waals surface area contributed by atoms with Crippen molar-refractivity contribution in [3.8, 4) is 17.2 Å². The molecule has 0 saturated carbocycles. The summed E-state index contributed by atoms with van der Waals surface area (Å²) in [5.41, 5.74) is 1.93. The lowest BCUT2D eigenvalue weighted by Crippen LogP contribution is -2.38. The van der Waals surface area contributed by atoms with E-state index >= 15 is 0 Å². The third kappa shape index (κ3) is 3.32. The van der Waals surface area contributed by atoms with E-state index in [2.05, 4.69) is 5.32 Å². The zero-order chi connectivity index (χ0) is 20.0. The van der Waals surface area contributed by atoms with Crippen LogP contribution < -0.4 is 24.4 Å². The highest BCUT2D eigenvalue weighted by Crippen LogP contribution is 2.37. The number of fused-ring (bicyclic) bond motifs is 2. The largest absolute Gasteiger partial charge is 0.490 e. The van der Waals surface area contributed by atoms with Gasteiger partial charge in [0, 0.05) is 5.56 Å². The first-order valence-electron chi connectivity index (χ1n) is 8.82. The summed E-state index contributed by atoms with van der Waals surface area (Å²) < 4.78 is 16.8. The van der Waals surface area contributed by atoms with Gasteiger partial charge in [0.05, 0.1) is 17.1 Å². The molecule has 29 heavy (non-hydrogen) atoms. The van der Waals surface area contributed by atoms with Crippen molar-refractivity contribution >= 4 is 51.9 Å². The molecule has 1 saturated heterocycles. The van der Waals surface area contributed by atoms with Crippen LogP contribution in [0.3, 0.4) is 0 Å². The molecule has 0 bridgehead atoms. The smallest absolute Gasteiger partial charge is 0.263 e. The number of hydrogen-bond donors (Lipinski definition) is 1. The SMILES string of the molecule is O=C1NC(=S)S/C1=C\c1ccc2c(c1)N(C(=O)c1ccc3c(c1)OCO3)CCO2. The molecule has 0 spiro atoms. The van der Waals surface area contributed by atoms with Crippen molar-refractivity contribution in [3.63, 3.8) is 0 Å². The summed E-state index contributed by atoms with van der Waals surface area (Å²) in [6, 6.07) is 10.6. The Balaban J connectivity index is 1.48. The van der Waals surface area contributed by atoms with E-state index in [-0.39, 0.29) is 18.6 Å². The summed E-state index contributed by atoms with van der Waals surface area (Å²) in [4.78, 5) is 27.3. The minimum atomic E-state index is -0.220. The standard InChI is InChI=1S/C20H14N2O5S2/c23-18-17(29-20(28)21-18)8-11-1-3-14-13(7-11)22(5-6-25-14)19(24)12-2-4-15-16(9-12)27-10-26-15/h1-4,7-9H,5-6,10H2,(H,21,23,28)/b17-8-. The van der Waals surface area contributed by atoms with Gasteiger partial charge in [-0.1, -0.05) is 30.0 Å². The number of nitrogens with zero attached hydrogens (tertiary/aromatic N) is 1. The second-order valence-corrected chi connectivity index (χ2v) is 8.17. The maximum absolute atomic E-state index is 13.2. The summed E-state index contributed by atoms with van der Waals surface area (Å²) in [5, 5.41) is 2.59. The first-order chi connectivity index (χ1) is 14.1. The Bertz CT molecular complexity index is 1100. The average molecular weight is 426 g/mol. The van der Waals surface area contributed by atoms with Gasteiger partial charge in [-0.05, 0) is 42.0 Å². The van der Waals surface area contributed by atoms with Crippen LogP contribution >= 0.6 is 24.0 Å². The number of amides is 2. The van der Waals surface area contributed by atoms with Crippen LogP contribution in [0.5, 0.6) is 17.2 Å². The molecule has 2 aromatic rings. The molecule has 1 fully saturated rings. The van der Waals surface area contributed by atoms with Crippen LogP contribution in [0, 0.1) is 0 Å². The minimum absolute atomic E-state index is 0.153. The molecule has 3 aliphatic heterocycles. The van der Waals surface area contributed by atoms with E-state index in [9.17, 15) is 9.59 Å². The van der Waals surface area contributed by atoms with Crippen molar-refractivity contribution in [1.29, 1.82) is 0 Å². The first-order valence-corrected chi connectivity index (χ1v) is 10.0. The molecule has 2 amide bonds. The third-order valence-electron chi connectivity index (χ3n) is 4.65. The van der Waals surface area contributed by atoms with Gasteiger partial charge in [-0.15, -0.1) is 0 Å². The van der Waals surface area contributed by atoms with E-state index in [1.807, 2.05) is 12.1 Å². The lowest BCUT2D eigenvalue weighted by atomic mass is 10.1. The normalized spacial score (nSPS) is 18.5. The maximum Gasteiger partial charge on any atom is 0.263 e. The number of thiocarbonyl (C=S) groups is 1. The molecular weight excluding hydrogens is 412 g/mol. The van der Waals surface area contributed by atoms with Gasteiger partial charge < -0.3 is 24.4 Å². The van der Waals surface area contributed by atoms with Gasteiger partial charge in [-0.3, -0.25) is 9.59 Å². The molecule has 3 heterocycles. The number of carbonyl (C=O) groups excluding carboxylic acids is 2. The Labute approximate surface area is 175 Å². The molecular formula is C20H14N2O5S2. The summed E-state index contributed by atoms with van der Waals surface area (Å²) in [5.74, 6) is 1.42. The second kappa shape index (κ2) is 7.09. The molecule has 146 valence electrons. The Morgan fingerprint density at radius 1 is 1.10 bits per heavy atom. The third-order valence-corrected chi connectivity index (χ3v) is 5.81. The molecule has 0 radical (unpaired) electrons. The van der Waals surface area contributed by atoms with Crippen molar-refractivity contribution in [2.75, 3.05) is 24.8 Å². The number of benzene rings is 2. The predicted octanol–water partition coefficient (Wildman–Crippen LogP) is 2.94. The van der Waals surface area contributed by atoms with Gasteiger partial charge in [0.25, 0.3) is 11.8 Å². The fourth-order valence-corrected chi connectivity index (χ4v) is 4.34. The Hall–Kier alpha value is -3.04. The highest BCUT2D eigenvalue weighted by Gasteiger charge is 2.27. The van der Waals surface area contributed by atoms with Crippen molar-refractivity contribution in [1.82, 2.24) is 5.32 Å². The predicted molar refractivity (Wildman–Crippen MR) is 112 cm³/mol. The number of nitrogens with one attached hydrogen (secondary N) is 1. The molecule has 0 unspecified atom stereocenters. The van der Waals surface area contributed by atoms with E-state index in [1.165, 1.54) is 11.8 Å². The van der Waals surface area contributed by atoms with Crippen LogP contribution in [0.1, 0.15) is 15.9 Å². The summed E-state index contributed by atoms with van der Waals surface area (Å²) in [6.07, 6.45) is 1.75. The van der Waals surface area contributed by atoms with Crippen LogP contribution in [-0.4, -0.2) is 36.1 Å². The van der Waals surface area contributed by atoms with E-state index in [1.54, 1.807) is 35.2 Å². The molecule has 9 heteroatoms. The van der Waals surface area contributed by atoms with Crippen LogP contribution in [0.2, 0.25) is 0 Å². The Morgan fingerprint density at radius 3 is 2.76 bits per heavy atom. The molecule has 7 nitrogen and oxygen atoms in total. The maximum atomic E-state index is 13.2. The zero-order valence-corrected chi connectivity index (χ0v) is 16.6. The number of thioether (sulfide) groups is 1. The minimum Gasteiger partial charge on any atom is -0.490 e. The highest BCUT2D eigenvalue weighted by molar-refractivity contribution is 8.26. The fraction of sp³-hybridized carbons (Fsp3) is 0.150. The zero-order valence-electron chi connectivity index (χ0n) is 15.0. The monoisotopic (exact) mass is 426 g/mol. The molecule has 0 aliphatic carbocycles. The van der Waals surface area contributed by atoms with Crippen molar-refractivity contribution in [2.24, 2.45) is 0 Å². The summed E-state index contributed by atoms with van der Waals surface area (Å²) in [7, 11) is 0. The quantitative estimate of drug-likeness (QED) is 0.584. The van der Waals surface area contributed by atoms with Gasteiger partial charge in [-0.2, -0.15) is 0 Å². The van der Waals surface area contributed by atoms with Crippen molar-refractivity contribution in [2.45, 2.75) is 0 Å². The van der Waals surface area contributed by atoms with Gasteiger partial charge in [0.2, 0.25) is 6.79 Å². The number of carbonyl (C=O) groups is 2. The topological polar surface area (TPSA) is 77.1 Å². The van der Waals surface area contributed by atoms with Crippen LogP contribution in [0.4, 0.5) is 5.69 Å². The van der Waals surface area contributed by atoms with E-state index in [0.29, 0.717) is 50.9 Å². The van der Waals surface area contributed by atoms with Crippen molar-refractivity contribution in [3.05, 3.63) is 52.4 Å². The van der Waals surface area contributed by atoms with E-state index in [4.69, 9.17) is 26.4 Å². The molecule has 5 rings (SSSR count). The van der Waals surface area contributed by atoms with Gasteiger partial charge in [0.1, 0.15) is 16.7 Å². The second-order valence-electron chi connectivity index (χ2n) is 6.45. The average Bonchev–Trinajstić information content (AvgIpc) is 3.32. The fourth-order valence-electron chi connectivity index (χ4n) is 3.29. The van der Waals surface area contributed by atoms with Crippen LogP contribution in [-0.2, 0) is 4.79 Å². The lowest BCUT2D eigenvalue weighted by molar-refractivity contribution is -0.115. The van der Waals surface area contributed by atoms with Crippen molar-refractivity contribution < 1.29 is 23.8 Å². The van der Waals surface area contributed by atoms with E-state index in [0.717, 1.165) is 5.56 Å². The van der Waals surface area contributed by atoms with Crippen LogP contribution in [0.15, 0.2) is 41.3 Å². The highest BCUT2D eigenvalue weighted by atomic mass is 32.2. The lowest BCUT2D eigenvalue weighted by Gasteiger charge is -2.30. The Kier molecular flexibility index (Phi) is 4.40. The number of hydrogen-bond acceptors (Lipinski definition) is 7. The van der Waals surface area contributed by atoms with Gasteiger partial charge in [-0.25, -0.2) is 0 Å². The molecule has 2 aromatic carbocycles. The molecule has 3 aliphatic rings. The Morgan fingerprint density at radius 2 is 1.93 bits per heavy atom. The first kappa shape index (κ1) is 18.0. The van der Waals surface area contributed by atoms with Gasteiger partial charge >= 0.3 is 0 Å². The van der Waals surface area contributed by atoms with E-state index < -0.39 is 0 Å². The summed E-state index contributed by atoms with van der Waals surface area (Å²) in [6.45, 7) is 0.969. The van der Waals surface area contributed by atoms with Crippen LogP contribution in [0.25, 0.3) is 6.08 Å². The molecule has 1 N–H and O–H groups in total. The number of anilines is 1. The number of rotatable bonds is 2. The summed E-state index contributed by atoms with van der Waals surface area (Å²) >= 11 is 6.24. The molecule has 0 aromatic heterocycles. The molecule has 0 atom stereocenters. The number of ether oxygens (including phenoxy) is 3.